The third-order valence-electron chi connectivity index (χ3n) is 2.66. The van der Waals surface area contributed by atoms with Crippen LogP contribution in [0.5, 0.6) is 0 Å². The molecule has 1 heterocycles. The molecule has 1 saturated carbocycles. The zero-order chi connectivity index (χ0) is 11.2. The fourth-order valence-corrected chi connectivity index (χ4v) is 1.75. The van der Waals surface area contributed by atoms with Gasteiger partial charge in [0.15, 0.2) is 5.84 Å². The molecule has 0 radical (unpaired) electrons. The molecular weight excluding hydrogens is 200 g/mol. The summed E-state index contributed by atoms with van der Waals surface area (Å²) < 4.78 is 0. The maximum Gasteiger partial charge on any atom is 0.171 e. The number of nitrogens with two attached hydrogens (primary N) is 1. The van der Waals surface area contributed by atoms with Crippen LogP contribution in [0.4, 0.5) is 0 Å². The molecule has 1 aromatic rings. The number of aromatic nitrogens is 1. The second-order valence-corrected chi connectivity index (χ2v) is 3.93. The van der Waals surface area contributed by atoms with Gasteiger partial charge in [-0.1, -0.05) is 12.5 Å². The molecular formula is C12H16N4. The van der Waals surface area contributed by atoms with Crippen molar-refractivity contribution >= 4 is 11.5 Å². The molecule has 4 heteroatoms. The number of amidine groups is 1. The molecule has 0 saturated heterocycles. The molecule has 2 rings (SSSR count). The molecule has 0 bridgehead atoms. The first-order valence-electron chi connectivity index (χ1n) is 5.66. The predicted octanol–water partition coefficient (Wildman–Crippen LogP) is 2.11. The molecule has 0 aromatic carbocycles. The molecule has 1 fully saturated rings. The van der Waals surface area contributed by atoms with E-state index in [2.05, 4.69) is 15.2 Å². The van der Waals surface area contributed by atoms with Crippen LogP contribution in [0.1, 0.15) is 37.8 Å². The average molecular weight is 216 g/mol. The molecule has 0 amide bonds. The van der Waals surface area contributed by atoms with E-state index in [1.165, 1.54) is 19.3 Å². The van der Waals surface area contributed by atoms with Crippen molar-refractivity contribution in [3.8, 4) is 0 Å². The second kappa shape index (κ2) is 5.39. The largest absolute Gasteiger partial charge is 0.380 e. The van der Waals surface area contributed by atoms with Crippen molar-refractivity contribution in [2.75, 3.05) is 0 Å². The van der Waals surface area contributed by atoms with Crippen molar-refractivity contribution in [2.45, 2.75) is 32.1 Å². The molecule has 2 N–H and O–H groups in total. The topological polar surface area (TPSA) is 63.6 Å². The number of hydrogen-bond donors (Lipinski definition) is 1. The van der Waals surface area contributed by atoms with E-state index in [0.717, 1.165) is 18.6 Å². The van der Waals surface area contributed by atoms with Gasteiger partial charge in [0, 0.05) is 11.9 Å². The summed E-state index contributed by atoms with van der Waals surface area (Å²) in [4.78, 5) is 4.12. The molecule has 1 aliphatic rings. The van der Waals surface area contributed by atoms with E-state index in [4.69, 9.17) is 5.73 Å². The van der Waals surface area contributed by atoms with Crippen LogP contribution in [0.15, 0.2) is 34.6 Å². The Kier molecular flexibility index (Phi) is 3.64. The van der Waals surface area contributed by atoms with Gasteiger partial charge >= 0.3 is 0 Å². The molecule has 84 valence electrons. The number of rotatable bonds is 2. The van der Waals surface area contributed by atoms with Gasteiger partial charge in [-0.15, -0.1) is 5.10 Å². The lowest BCUT2D eigenvalue weighted by Gasteiger charge is -2.10. The van der Waals surface area contributed by atoms with Gasteiger partial charge < -0.3 is 5.73 Å². The maximum absolute atomic E-state index is 5.79. The highest BCUT2D eigenvalue weighted by atomic mass is 15.2. The number of hydrogen-bond acceptors (Lipinski definition) is 3. The standard InChI is InChI=1S/C12H16N4/c13-12(11-8-4-5-9-14-11)16-15-10-6-2-1-3-7-10/h4-5,8-9H,1-3,6-7H2,(H2,13,16). The van der Waals surface area contributed by atoms with Gasteiger partial charge in [0.1, 0.15) is 5.69 Å². The Hall–Kier alpha value is -1.71. The minimum atomic E-state index is 0.388. The Bertz CT molecular complexity index is 387. The molecule has 0 spiro atoms. The fraction of sp³-hybridized carbons (Fsp3) is 0.417. The van der Waals surface area contributed by atoms with Crippen LogP contribution in [0, 0.1) is 0 Å². The summed E-state index contributed by atoms with van der Waals surface area (Å²) in [5, 5.41) is 8.24. The smallest absolute Gasteiger partial charge is 0.171 e. The molecule has 4 nitrogen and oxygen atoms in total. The van der Waals surface area contributed by atoms with Crippen molar-refractivity contribution < 1.29 is 0 Å². The third kappa shape index (κ3) is 2.89. The summed E-state index contributed by atoms with van der Waals surface area (Å²) in [5.41, 5.74) is 7.63. The molecule has 1 aromatic heterocycles. The molecule has 16 heavy (non-hydrogen) atoms. The maximum atomic E-state index is 5.79. The van der Waals surface area contributed by atoms with E-state index in [1.807, 2.05) is 18.2 Å². The van der Waals surface area contributed by atoms with E-state index in [-0.39, 0.29) is 0 Å². The Morgan fingerprint density at radius 1 is 1.19 bits per heavy atom. The SMILES string of the molecule is NC(=NN=C1CCCCC1)c1ccccn1. The normalized spacial score (nSPS) is 17.2. The first kappa shape index (κ1) is 10.8. The molecule has 1 aliphatic carbocycles. The lowest BCUT2D eigenvalue weighted by Crippen LogP contribution is -2.14. The number of nitrogens with zero attached hydrogens (tertiary/aromatic N) is 3. The minimum Gasteiger partial charge on any atom is -0.380 e. The zero-order valence-electron chi connectivity index (χ0n) is 9.26. The van der Waals surface area contributed by atoms with Crippen LogP contribution in [0.25, 0.3) is 0 Å². The average Bonchev–Trinajstić information content (AvgIpc) is 2.38. The Balaban J connectivity index is 2.06. The second-order valence-electron chi connectivity index (χ2n) is 3.93. The summed E-state index contributed by atoms with van der Waals surface area (Å²) in [6.45, 7) is 0. The number of pyridine rings is 1. The monoisotopic (exact) mass is 216 g/mol. The summed E-state index contributed by atoms with van der Waals surface area (Å²) in [5.74, 6) is 0.388. The van der Waals surface area contributed by atoms with E-state index in [1.54, 1.807) is 6.20 Å². The summed E-state index contributed by atoms with van der Waals surface area (Å²) in [7, 11) is 0. The van der Waals surface area contributed by atoms with Gasteiger partial charge in [0.25, 0.3) is 0 Å². The summed E-state index contributed by atoms with van der Waals surface area (Å²) in [6, 6.07) is 5.57. The fourth-order valence-electron chi connectivity index (χ4n) is 1.75. The highest BCUT2D eigenvalue weighted by Gasteiger charge is 2.06. The van der Waals surface area contributed by atoms with Crippen LogP contribution < -0.4 is 5.73 Å². The van der Waals surface area contributed by atoms with Crippen LogP contribution in [-0.4, -0.2) is 16.5 Å². The lowest BCUT2D eigenvalue weighted by molar-refractivity contribution is 0.664. The quantitative estimate of drug-likeness (QED) is 0.467. The van der Waals surface area contributed by atoms with Crippen molar-refractivity contribution in [3.63, 3.8) is 0 Å². The Morgan fingerprint density at radius 2 is 2.00 bits per heavy atom. The Labute approximate surface area is 95.3 Å². The molecule has 0 aliphatic heterocycles. The first-order valence-corrected chi connectivity index (χ1v) is 5.66. The first-order chi connectivity index (χ1) is 7.86. The van der Waals surface area contributed by atoms with Gasteiger partial charge in [0.2, 0.25) is 0 Å². The van der Waals surface area contributed by atoms with E-state index < -0.39 is 0 Å². The van der Waals surface area contributed by atoms with Crippen LogP contribution in [0.2, 0.25) is 0 Å². The Morgan fingerprint density at radius 3 is 2.69 bits per heavy atom. The van der Waals surface area contributed by atoms with Crippen molar-refractivity contribution in [1.29, 1.82) is 0 Å². The highest BCUT2D eigenvalue weighted by molar-refractivity contribution is 5.96. The van der Waals surface area contributed by atoms with E-state index in [9.17, 15) is 0 Å². The molecule has 0 unspecified atom stereocenters. The van der Waals surface area contributed by atoms with Crippen LogP contribution in [0.3, 0.4) is 0 Å². The van der Waals surface area contributed by atoms with Gasteiger partial charge in [-0.25, -0.2) is 0 Å². The van der Waals surface area contributed by atoms with Crippen molar-refractivity contribution in [2.24, 2.45) is 15.9 Å². The van der Waals surface area contributed by atoms with Crippen molar-refractivity contribution in [3.05, 3.63) is 30.1 Å². The van der Waals surface area contributed by atoms with Gasteiger partial charge in [-0.05, 0) is 37.8 Å². The van der Waals surface area contributed by atoms with Crippen LogP contribution >= 0.6 is 0 Å². The summed E-state index contributed by atoms with van der Waals surface area (Å²) in [6.07, 6.45) is 7.55. The van der Waals surface area contributed by atoms with E-state index >= 15 is 0 Å². The van der Waals surface area contributed by atoms with E-state index in [0.29, 0.717) is 11.5 Å². The summed E-state index contributed by atoms with van der Waals surface area (Å²) >= 11 is 0. The van der Waals surface area contributed by atoms with Gasteiger partial charge in [-0.3, -0.25) is 4.98 Å². The van der Waals surface area contributed by atoms with Crippen molar-refractivity contribution in [1.82, 2.24) is 4.98 Å². The lowest BCUT2D eigenvalue weighted by atomic mass is 9.99. The van der Waals surface area contributed by atoms with Gasteiger partial charge in [0.05, 0.1) is 0 Å². The zero-order valence-corrected chi connectivity index (χ0v) is 9.26. The van der Waals surface area contributed by atoms with Gasteiger partial charge in [-0.2, -0.15) is 5.10 Å². The highest BCUT2D eigenvalue weighted by Crippen LogP contribution is 2.14. The molecule has 0 atom stereocenters. The van der Waals surface area contributed by atoms with Crippen LogP contribution in [-0.2, 0) is 0 Å². The minimum absolute atomic E-state index is 0.388. The predicted molar refractivity (Wildman–Crippen MR) is 65.5 cm³/mol. The third-order valence-corrected chi connectivity index (χ3v) is 2.66.